The molecule has 0 aliphatic heterocycles. The highest BCUT2D eigenvalue weighted by molar-refractivity contribution is 9.10. The van der Waals surface area contributed by atoms with Crippen LogP contribution in [0.3, 0.4) is 0 Å². The first kappa shape index (κ1) is 12.5. The minimum atomic E-state index is -1.12. The molecule has 6 heteroatoms. The molecule has 0 saturated carbocycles. The van der Waals surface area contributed by atoms with Crippen molar-refractivity contribution in [3.05, 3.63) is 23.8 Å². The van der Waals surface area contributed by atoms with E-state index in [1.165, 1.54) is 18.2 Å². The first-order valence-electron chi connectivity index (χ1n) is 4.43. The maximum Gasteiger partial charge on any atom is 0.335 e. The van der Waals surface area contributed by atoms with Crippen molar-refractivity contribution in [3.63, 3.8) is 0 Å². The van der Waals surface area contributed by atoms with Gasteiger partial charge in [0.25, 0.3) is 0 Å². The van der Waals surface area contributed by atoms with Crippen LogP contribution in [0.25, 0.3) is 0 Å². The second kappa shape index (κ2) is 4.98. The molecule has 1 aromatic rings. The third-order valence-electron chi connectivity index (χ3n) is 1.86. The molecule has 0 aliphatic carbocycles. The van der Waals surface area contributed by atoms with E-state index in [1.807, 2.05) is 0 Å². The number of hydrogen-bond acceptors (Lipinski definition) is 3. The van der Waals surface area contributed by atoms with Crippen LogP contribution in [0.15, 0.2) is 18.2 Å². The Bertz CT molecular complexity index is 431. The van der Waals surface area contributed by atoms with E-state index in [9.17, 15) is 14.7 Å². The molecule has 0 saturated heterocycles. The number of amides is 1. The largest absolute Gasteiger partial charge is 0.506 e. The van der Waals surface area contributed by atoms with Crippen molar-refractivity contribution in [1.82, 2.24) is 0 Å². The lowest BCUT2D eigenvalue weighted by Gasteiger charge is -2.09. The normalized spacial score (nSPS) is 11.9. The summed E-state index contributed by atoms with van der Waals surface area (Å²) in [6.45, 7) is 1.62. The van der Waals surface area contributed by atoms with Crippen molar-refractivity contribution in [3.8, 4) is 5.75 Å². The van der Waals surface area contributed by atoms with Gasteiger partial charge < -0.3 is 15.5 Å². The fourth-order valence-corrected chi connectivity index (χ4v) is 1.12. The molecule has 1 unspecified atom stereocenters. The quantitative estimate of drug-likeness (QED) is 0.585. The van der Waals surface area contributed by atoms with E-state index in [-0.39, 0.29) is 22.9 Å². The highest BCUT2D eigenvalue weighted by atomic mass is 79.9. The van der Waals surface area contributed by atoms with Gasteiger partial charge in [0, 0.05) is 0 Å². The highest BCUT2D eigenvalue weighted by Gasteiger charge is 2.13. The average Bonchev–Trinajstić information content (AvgIpc) is 2.20. The maximum absolute atomic E-state index is 11.3. The SMILES string of the molecule is CC(Br)C(=O)Nc1cc(C(=O)O)ccc1O. The van der Waals surface area contributed by atoms with Gasteiger partial charge in [-0.15, -0.1) is 0 Å². The summed E-state index contributed by atoms with van der Waals surface area (Å²) >= 11 is 3.06. The number of halogens is 1. The van der Waals surface area contributed by atoms with Gasteiger partial charge in [-0.25, -0.2) is 4.79 Å². The van der Waals surface area contributed by atoms with E-state index in [0.29, 0.717) is 0 Å². The summed E-state index contributed by atoms with van der Waals surface area (Å²) in [7, 11) is 0. The first-order valence-corrected chi connectivity index (χ1v) is 5.34. The molecule has 0 heterocycles. The molecule has 1 rings (SSSR count). The van der Waals surface area contributed by atoms with E-state index in [0.717, 1.165) is 0 Å². The number of aromatic carboxylic acids is 1. The van der Waals surface area contributed by atoms with E-state index in [1.54, 1.807) is 6.92 Å². The Morgan fingerprint density at radius 3 is 2.56 bits per heavy atom. The monoisotopic (exact) mass is 287 g/mol. The molecule has 1 amide bonds. The minimum absolute atomic E-state index is 0.00433. The highest BCUT2D eigenvalue weighted by Crippen LogP contribution is 2.24. The number of aromatic hydroxyl groups is 1. The fourth-order valence-electron chi connectivity index (χ4n) is 1.00. The van der Waals surface area contributed by atoms with Crippen molar-refractivity contribution in [2.45, 2.75) is 11.8 Å². The number of nitrogens with one attached hydrogen (secondary N) is 1. The maximum atomic E-state index is 11.3. The molecular formula is C10H10BrNO4. The predicted octanol–water partition coefficient (Wildman–Crippen LogP) is 1.81. The smallest absolute Gasteiger partial charge is 0.335 e. The number of carbonyl (C=O) groups excluding carboxylic acids is 1. The third-order valence-corrected chi connectivity index (χ3v) is 2.28. The lowest BCUT2D eigenvalue weighted by atomic mass is 10.2. The second-order valence-electron chi connectivity index (χ2n) is 3.14. The Kier molecular flexibility index (Phi) is 3.89. The number of rotatable bonds is 3. The van der Waals surface area contributed by atoms with Gasteiger partial charge in [0.15, 0.2) is 0 Å². The number of alkyl halides is 1. The Hall–Kier alpha value is -1.56. The third kappa shape index (κ3) is 2.96. The fraction of sp³-hybridized carbons (Fsp3) is 0.200. The summed E-state index contributed by atoms with van der Waals surface area (Å²) in [6, 6.07) is 3.67. The molecule has 16 heavy (non-hydrogen) atoms. The number of benzene rings is 1. The lowest BCUT2D eigenvalue weighted by Crippen LogP contribution is -2.20. The first-order chi connectivity index (χ1) is 7.41. The standard InChI is InChI=1S/C10H10BrNO4/c1-5(11)9(14)12-7-4-6(10(15)16)2-3-8(7)13/h2-5,13H,1H3,(H,12,14)(H,15,16). The molecule has 0 bridgehead atoms. The van der Waals surface area contributed by atoms with Crippen molar-refractivity contribution >= 4 is 33.5 Å². The topological polar surface area (TPSA) is 86.6 Å². The number of phenolic OH excluding ortho intramolecular Hbond substituents is 1. The molecule has 0 aliphatic rings. The van der Waals surface area contributed by atoms with Crippen molar-refractivity contribution < 1.29 is 19.8 Å². The van der Waals surface area contributed by atoms with E-state index in [4.69, 9.17) is 5.11 Å². The molecule has 1 aromatic carbocycles. The Labute approximate surface area is 100 Å². The molecule has 0 radical (unpaired) electrons. The zero-order valence-corrected chi connectivity index (χ0v) is 9.98. The number of hydrogen-bond donors (Lipinski definition) is 3. The summed E-state index contributed by atoms with van der Waals surface area (Å²) in [4.78, 5) is 21.6. The lowest BCUT2D eigenvalue weighted by molar-refractivity contribution is -0.115. The summed E-state index contributed by atoms with van der Waals surface area (Å²) in [6.07, 6.45) is 0. The summed E-state index contributed by atoms with van der Waals surface area (Å²) < 4.78 is 0. The van der Waals surface area contributed by atoms with Crippen LogP contribution in [0.2, 0.25) is 0 Å². The summed E-state index contributed by atoms with van der Waals surface area (Å²) in [5, 5.41) is 20.6. The number of carboxylic acids is 1. The van der Waals surface area contributed by atoms with E-state index < -0.39 is 10.8 Å². The van der Waals surface area contributed by atoms with E-state index >= 15 is 0 Å². The van der Waals surface area contributed by atoms with Crippen LogP contribution in [0.5, 0.6) is 5.75 Å². The molecule has 3 N–H and O–H groups in total. The van der Waals surface area contributed by atoms with Crippen LogP contribution in [0.4, 0.5) is 5.69 Å². The number of anilines is 1. The molecular weight excluding hydrogens is 278 g/mol. The second-order valence-corrected chi connectivity index (χ2v) is 4.52. The van der Waals surface area contributed by atoms with Crippen LogP contribution >= 0.6 is 15.9 Å². The molecule has 0 aromatic heterocycles. The van der Waals surface area contributed by atoms with Crippen LogP contribution in [-0.2, 0) is 4.79 Å². The van der Waals surface area contributed by atoms with Crippen LogP contribution in [-0.4, -0.2) is 26.9 Å². The van der Waals surface area contributed by atoms with Crippen molar-refractivity contribution in [1.29, 1.82) is 0 Å². The van der Waals surface area contributed by atoms with Gasteiger partial charge in [0.05, 0.1) is 16.1 Å². The molecule has 0 fully saturated rings. The van der Waals surface area contributed by atoms with E-state index in [2.05, 4.69) is 21.2 Å². The minimum Gasteiger partial charge on any atom is -0.506 e. The van der Waals surface area contributed by atoms with Crippen LogP contribution in [0.1, 0.15) is 17.3 Å². The van der Waals surface area contributed by atoms with Crippen LogP contribution in [0, 0.1) is 0 Å². The molecule has 1 atom stereocenters. The Morgan fingerprint density at radius 2 is 2.06 bits per heavy atom. The summed E-state index contributed by atoms with van der Waals surface area (Å²) in [5.41, 5.74) is 0.0755. The zero-order valence-electron chi connectivity index (χ0n) is 8.40. The van der Waals surface area contributed by atoms with Crippen molar-refractivity contribution in [2.24, 2.45) is 0 Å². The summed E-state index contributed by atoms with van der Waals surface area (Å²) in [5.74, 6) is -1.66. The van der Waals surface area contributed by atoms with Gasteiger partial charge in [0.2, 0.25) is 5.91 Å². The molecule has 86 valence electrons. The predicted molar refractivity (Wildman–Crippen MR) is 62.1 cm³/mol. The van der Waals surface area contributed by atoms with Gasteiger partial charge >= 0.3 is 5.97 Å². The van der Waals surface area contributed by atoms with Gasteiger partial charge in [-0.3, -0.25) is 4.79 Å². The van der Waals surface area contributed by atoms with Gasteiger partial charge in [-0.05, 0) is 25.1 Å². The average molecular weight is 288 g/mol. The Balaban J connectivity index is 2.99. The molecule has 5 nitrogen and oxygen atoms in total. The zero-order chi connectivity index (χ0) is 12.3. The van der Waals surface area contributed by atoms with Crippen LogP contribution < -0.4 is 5.32 Å². The number of carbonyl (C=O) groups is 2. The van der Waals surface area contributed by atoms with Gasteiger partial charge in [0.1, 0.15) is 5.75 Å². The van der Waals surface area contributed by atoms with Crippen molar-refractivity contribution in [2.75, 3.05) is 5.32 Å². The molecule has 0 spiro atoms. The number of carboxylic acid groups (broad SMARTS) is 1. The number of phenols is 1. The van der Waals surface area contributed by atoms with Gasteiger partial charge in [-0.1, -0.05) is 15.9 Å². The van der Waals surface area contributed by atoms with Gasteiger partial charge in [-0.2, -0.15) is 0 Å². The Morgan fingerprint density at radius 1 is 1.44 bits per heavy atom.